The van der Waals surface area contributed by atoms with E-state index in [9.17, 15) is 19.5 Å². The smallest absolute Gasteiger partial charge is 0.309 e. The average Bonchev–Trinajstić information content (AvgIpc) is 2.78. The molecule has 5 aliphatic carbocycles. The maximum atomic E-state index is 14.3. The van der Waals surface area contributed by atoms with E-state index in [4.69, 9.17) is 6.57 Å². The highest BCUT2D eigenvalue weighted by Crippen LogP contribution is 2.74. The van der Waals surface area contributed by atoms with Crippen molar-refractivity contribution < 1.29 is 19.5 Å². The van der Waals surface area contributed by atoms with Crippen LogP contribution in [0.4, 0.5) is 0 Å². The van der Waals surface area contributed by atoms with Crippen LogP contribution < -0.4 is 0 Å². The molecule has 5 rings (SSSR count). The highest BCUT2D eigenvalue weighted by atomic mass is 16.4. The molecule has 0 spiro atoms. The summed E-state index contributed by atoms with van der Waals surface area (Å²) >= 11 is 0. The van der Waals surface area contributed by atoms with E-state index < -0.39 is 22.2 Å². The first-order chi connectivity index (χ1) is 16.5. The van der Waals surface area contributed by atoms with Gasteiger partial charge in [0.15, 0.2) is 11.6 Å². The first kappa shape index (κ1) is 25.4. The van der Waals surface area contributed by atoms with Crippen LogP contribution in [-0.2, 0) is 14.4 Å². The van der Waals surface area contributed by atoms with Crippen molar-refractivity contribution in [1.82, 2.24) is 0 Å². The Hall–Kier alpha value is -2.22. The van der Waals surface area contributed by atoms with E-state index in [0.717, 1.165) is 32.1 Å². The van der Waals surface area contributed by atoms with Gasteiger partial charge in [-0.3, -0.25) is 9.59 Å². The van der Waals surface area contributed by atoms with Crippen LogP contribution in [0.5, 0.6) is 0 Å². The van der Waals surface area contributed by atoms with Crippen molar-refractivity contribution in [3.8, 4) is 0 Å². The maximum absolute atomic E-state index is 14.3. The molecular formula is C31H41NO4. The van der Waals surface area contributed by atoms with E-state index in [-0.39, 0.29) is 51.3 Å². The Bertz CT molecular complexity index is 1190. The molecule has 0 aliphatic heterocycles. The molecule has 3 fully saturated rings. The number of nitrogens with zero attached hydrogens (tertiary/aromatic N) is 1. The summed E-state index contributed by atoms with van der Waals surface area (Å²) in [6.45, 7) is 22.5. The zero-order valence-corrected chi connectivity index (χ0v) is 23.0. The van der Waals surface area contributed by atoms with Gasteiger partial charge in [-0.05, 0) is 91.4 Å². The summed E-state index contributed by atoms with van der Waals surface area (Å²) in [5.41, 5.74) is -1.21. The third-order valence-corrected chi connectivity index (χ3v) is 12.5. The second-order valence-corrected chi connectivity index (χ2v) is 14.6. The van der Waals surface area contributed by atoms with Crippen molar-refractivity contribution in [3.63, 3.8) is 0 Å². The number of ketones is 2. The number of carbonyl (C=O) groups is 3. The van der Waals surface area contributed by atoms with E-state index >= 15 is 0 Å². The van der Waals surface area contributed by atoms with Crippen molar-refractivity contribution in [2.75, 3.05) is 0 Å². The van der Waals surface area contributed by atoms with Gasteiger partial charge in [0.1, 0.15) is 0 Å². The standard InChI is InChI=1S/C31H41NO4/c1-26(2)22-9-10-31(7)23(29(22,5)17-20(32-8)24(26)34)21(33)15-18-19-16-28(4,25(35)36)12-11-27(19,3)13-14-30(18,31)6/h15,17,19,22-23H,9-14,16H2,1-7H3,(H,35,36)/t19-,22+,23-,27-,28+,29+,30-,31-/m1/s1. The Kier molecular flexibility index (Phi) is 5.09. The van der Waals surface area contributed by atoms with Gasteiger partial charge in [-0.2, -0.15) is 0 Å². The van der Waals surface area contributed by atoms with E-state index in [1.165, 1.54) is 5.57 Å². The van der Waals surface area contributed by atoms with Crippen LogP contribution in [0.1, 0.15) is 93.4 Å². The molecule has 1 N–H and O–H groups in total. The van der Waals surface area contributed by atoms with Crippen LogP contribution in [0.3, 0.4) is 0 Å². The van der Waals surface area contributed by atoms with E-state index in [0.29, 0.717) is 12.8 Å². The predicted molar refractivity (Wildman–Crippen MR) is 138 cm³/mol. The Labute approximate surface area is 215 Å². The lowest BCUT2D eigenvalue weighted by Crippen LogP contribution is -2.65. The lowest BCUT2D eigenvalue weighted by molar-refractivity contribution is -0.172. The van der Waals surface area contributed by atoms with Gasteiger partial charge in [0.05, 0.1) is 12.0 Å². The fraction of sp³-hybridized carbons (Fsp3) is 0.742. The molecule has 0 aromatic carbocycles. The largest absolute Gasteiger partial charge is 0.481 e. The first-order valence-electron chi connectivity index (χ1n) is 13.6. The number of aliphatic carboxylic acids is 1. The number of allylic oxidation sites excluding steroid dienone is 4. The van der Waals surface area contributed by atoms with Gasteiger partial charge in [-0.25, -0.2) is 4.85 Å². The number of Topliss-reactive ketones (excluding diaryl/α,β-unsaturated/α-hetero) is 1. The molecule has 5 aliphatic rings. The van der Waals surface area contributed by atoms with Crippen LogP contribution in [-0.4, -0.2) is 22.6 Å². The zero-order valence-electron chi connectivity index (χ0n) is 23.0. The molecule has 0 saturated heterocycles. The lowest BCUT2D eigenvalue weighted by Gasteiger charge is -2.69. The molecule has 0 heterocycles. The first-order valence-corrected chi connectivity index (χ1v) is 13.6. The highest BCUT2D eigenvalue weighted by molar-refractivity contribution is 6.03. The van der Waals surface area contributed by atoms with Crippen LogP contribution in [0, 0.1) is 56.8 Å². The van der Waals surface area contributed by atoms with Gasteiger partial charge in [-0.1, -0.05) is 53.2 Å². The third kappa shape index (κ3) is 2.85. The minimum atomic E-state index is -0.769. The molecule has 8 atom stereocenters. The molecule has 36 heavy (non-hydrogen) atoms. The van der Waals surface area contributed by atoms with Crippen molar-refractivity contribution in [2.24, 2.45) is 50.2 Å². The molecule has 3 saturated carbocycles. The molecule has 0 amide bonds. The van der Waals surface area contributed by atoms with Crippen molar-refractivity contribution in [3.05, 3.63) is 34.8 Å². The summed E-state index contributed by atoms with van der Waals surface area (Å²) in [5.74, 6) is -0.949. The number of carbonyl (C=O) groups excluding carboxylic acids is 2. The Morgan fingerprint density at radius 2 is 1.64 bits per heavy atom. The van der Waals surface area contributed by atoms with Gasteiger partial charge in [0.2, 0.25) is 5.70 Å². The normalized spacial score (nSPS) is 49.3. The van der Waals surface area contributed by atoms with Gasteiger partial charge in [0.25, 0.3) is 0 Å². The summed E-state index contributed by atoms with van der Waals surface area (Å²) in [6, 6.07) is 0. The lowest BCUT2D eigenvalue weighted by atomic mass is 9.34. The van der Waals surface area contributed by atoms with E-state index in [1.807, 2.05) is 32.9 Å². The topological polar surface area (TPSA) is 75.8 Å². The fourth-order valence-corrected chi connectivity index (χ4v) is 9.95. The molecular weight excluding hydrogens is 450 g/mol. The van der Waals surface area contributed by atoms with E-state index in [2.05, 4.69) is 32.5 Å². The van der Waals surface area contributed by atoms with Crippen molar-refractivity contribution in [2.45, 2.75) is 93.4 Å². The Morgan fingerprint density at radius 3 is 2.25 bits per heavy atom. The number of hydrogen-bond acceptors (Lipinski definition) is 3. The molecule has 0 aromatic heterocycles. The Balaban J connectivity index is 1.68. The molecule has 0 aromatic rings. The van der Waals surface area contributed by atoms with Gasteiger partial charge in [-0.15, -0.1) is 0 Å². The van der Waals surface area contributed by atoms with E-state index in [1.54, 1.807) is 0 Å². The molecule has 5 nitrogen and oxygen atoms in total. The Morgan fingerprint density at radius 1 is 1.00 bits per heavy atom. The molecule has 0 bridgehead atoms. The SMILES string of the molecule is [C-]#[N+]C1=C[C@]2(C)[C@H]3C(=O)C=C4[C@H]5C[C@@](C)(C(=O)O)CC[C@]5(C)CC[C@@]4(C)[C@]3(C)CC[C@H]2C(C)(C)C1=O. The quantitative estimate of drug-likeness (QED) is 0.417. The predicted octanol–water partition coefficient (Wildman–Crippen LogP) is 6.64. The maximum Gasteiger partial charge on any atom is 0.309 e. The van der Waals surface area contributed by atoms with Crippen LogP contribution in [0.15, 0.2) is 23.4 Å². The van der Waals surface area contributed by atoms with Crippen molar-refractivity contribution in [1.29, 1.82) is 0 Å². The molecule has 5 heteroatoms. The summed E-state index contributed by atoms with van der Waals surface area (Å²) < 4.78 is 0. The number of rotatable bonds is 1. The molecule has 0 unspecified atom stereocenters. The minimum absolute atomic E-state index is 0.00224. The monoisotopic (exact) mass is 491 g/mol. The highest BCUT2D eigenvalue weighted by Gasteiger charge is 2.70. The van der Waals surface area contributed by atoms with Crippen molar-refractivity contribution >= 4 is 17.5 Å². The van der Waals surface area contributed by atoms with Gasteiger partial charge >= 0.3 is 5.97 Å². The van der Waals surface area contributed by atoms with Gasteiger partial charge < -0.3 is 9.90 Å². The number of hydrogen-bond donors (Lipinski definition) is 1. The average molecular weight is 492 g/mol. The fourth-order valence-electron chi connectivity index (χ4n) is 9.95. The summed E-state index contributed by atoms with van der Waals surface area (Å²) in [6.07, 6.45) is 9.61. The molecule has 0 radical (unpaired) electrons. The van der Waals surface area contributed by atoms with Crippen LogP contribution in [0.2, 0.25) is 0 Å². The summed E-state index contributed by atoms with van der Waals surface area (Å²) in [7, 11) is 0. The number of fused-ring (bicyclic) bond motifs is 7. The second-order valence-electron chi connectivity index (χ2n) is 14.6. The minimum Gasteiger partial charge on any atom is -0.481 e. The summed E-state index contributed by atoms with van der Waals surface area (Å²) in [4.78, 5) is 43.3. The number of carboxylic acids is 1. The molecule has 194 valence electrons. The van der Waals surface area contributed by atoms with Crippen LogP contribution >= 0.6 is 0 Å². The third-order valence-electron chi connectivity index (χ3n) is 12.5. The zero-order chi connectivity index (χ0) is 26.7. The summed E-state index contributed by atoms with van der Waals surface area (Å²) in [5, 5.41) is 10.1. The second kappa shape index (κ2) is 7.21. The number of carboxylic acid groups (broad SMARTS) is 1. The van der Waals surface area contributed by atoms with Gasteiger partial charge in [0, 0.05) is 11.3 Å². The van der Waals surface area contributed by atoms with Crippen LogP contribution in [0.25, 0.3) is 4.85 Å².